The van der Waals surface area contributed by atoms with E-state index >= 15 is 0 Å². The summed E-state index contributed by atoms with van der Waals surface area (Å²) in [6.07, 6.45) is 16.2. The van der Waals surface area contributed by atoms with Crippen molar-refractivity contribution in [2.45, 2.75) is 250 Å². The molecule has 1 N–H and O–H groups in total. The van der Waals surface area contributed by atoms with Gasteiger partial charge in [-0.2, -0.15) is 26.3 Å². The molecule has 1 amide bonds. The number of carbonyl (C=O) groups is 7. The van der Waals surface area contributed by atoms with Crippen molar-refractivity contribution >= 4 is 55.2 Å². The molecule has 0 fully saturated rings. The van der Waals surface area contributed by atoms with Gasteiger partial charge in [-0.05, 0) is 97.5 Å². The number of hydrogen-bond acceptors (Lipinski definition) is 20. The van der Waals surface area contributed by atoms with Crippen molar-refractivity contribution in [3.05, 3.63) is 148 Å². The number of likely N-dealkylation sites (N-methyl/N-ethyl adjacent to an activating group) is 1. The number of phosphoric acid groups is 1. The van der Waals surface area contributed by atoms with E-state index in [1.165, 1.54) is 186 Å². The number of amides is 1. The van der Waals surface area contributed by atoms with Crippen molar-refractivity contribution in [3.8, 4) is 34.4 Å². The van der Waals surface area contributed by atoms with Gasteiger partial charge in [0.2, 0.25) is 11.6 Å². The van der Waals surface area contributed by atoms with Gasteiger partial charge in [-0.25, -0.2) is 19.1 Å². The number of ketones is 2. The Morgan fingerprint density at radius 2 is 1.04 bits per heavy atom. The maximum absolute atomic E-state index is 14.4. The van der Waals surface area contributed by atoms with E-state index in [1.54, 1.807) is 30.5 Å². The number of esters is 3. The van der Waals surface area contributed by atoms with Crippen LogP contribution in [0.4, 0.5) is 41.6 Å². The van der Waals surface area contributed by atoms with Gasteiger partial charge in [-0.1, -0.05) is 203 Å². The summed E-state index contributed by atoms with van der Waals surface area (Å²) in [5.41, 5.74) is 0.833. The van der Waals surface area contributed by atoms with Crippen molar-refractivity contribution in [2.24, 2.45) is 0 Å². The summed E-state index contributed by atoms with van der Waals surface area (Å²) in [5, 5.41) is 11.3. The van der Waals surface area contributed by atoms with Crippen molar-refractivity contribution in [2.75, 3.05) is 45.8 Å². The number of nitrogens with zero attached hydrogens (tertiary/aromatic N) is 4. The molecule has 0 bridgehead atoms. The second kappa shape index (κ2) is 44.7. The highest BCUT2D eigenvalue weighted by Crippen LogP contribution is 2.57. The van der Waals surface area contributed by atoms with Crippen LogP contribution in [0, 0.1) is 0 Å². The Hall–Kier alpha value is -9.02. The van der Waals surface area contributed by atoms with Gasteiger partial charge >= 0.3 is 42.5 Å². The maximum atomic E-state index is 14.4. The average molecular weight is 1620 g/mol. The Balaban J connectivity index is 0.886. The minimum absolute atomic E-state index is 0.00362. The van der Waals surface area contributed by atoms with Crippen molar-refractivity contribution in [1.29, 1.82) is 0 Å². The number of benzene rings is 5. The molecule has 30 heteroatoms. The van der Waals surface area contributed by atoms with Gasteiger partial charge in [0, 0.05) is 60.2 Å². The first-order valence-corrected chi connectivity index (χ1v) is 41.3. The van der Waals surface area contributed by atoms with E-state index in [9.17, 15) is 69.4 Å². The van der Waals surface area contributed by atoms with Crippen molar-refractivity contribution in [1.82, 2.24) is 15.0 Å². The number of aryl methyl sites for hydroxylation is 2. The zero-order valence-corrected chi connectivity index (χ0v) is 66.4. The highest BCUT2D eigenvalue weighted by atomic mass is 31.2. The Bertz CT molecular complexity index is 4030. The lowest BCUT2D eigenvalue weighted by Gasteiger charge is -2.36. The van der Waals surface area contributed by atoms with Crippen molar-refractivity contribution in [3.63, 3.8) is 0 Å². The molecule has 622 valence electrons. The molecule has 0 saturated heterocycles. The van der Waals surface area contributed by atoms with Crippen LogP contribution in [-0.2, 0) is 72.0 Å². The van der Waals surface area contributed by atoms with Gasteiger partial charge in [0.1, 0.15) is 60.7 Å². The largest absolute Gasteiger partial charge is 0.756 e. The average Bonchev–Trinajstić information content (AvgIpc) is 1.51. The molecule has 23 nitrogen and oxygen atoms in total. The molecule has 2 aliphatic rings. The summed E-state index contributed by atoms with van der Waals surface area (Å²) < 4.78 is 143. The van der Waals surface area contributed by atoms with Crippen LogP contribution in [0.25, 0.3) is 5.69 Å². The standard InChI is InChI=1S/C84H106F6N5O18P/c1-5-7-9-11-13-15-17-19-21-23-25-27-29-31-77(98)105-58-68(108-78(99)32-30-28-26-24-22-20-18-16-14-12-10-8-6-2)59-107-114(103,104)106-52-51-95(3,4)57-63-56-94(93-92-63)64-40-47-70-69(54-64)79(100)113-82(70)71-46-39-62(91-80(101)109-65-41-33-60(34-42-65)37-49-75(96)83(85,86)87)53-73(71)112-74-55-67(45-48-72(74)82)111-81(102)110-66-43-35-61(36-44-66)38-50-76(97)84(88,89)90/h33-36,39-48,53-56,68H,5-32,37-38,49-52,57-59H2,1-4H3,(H-,91,101,103,104). The monoisotopic (exact) mass is 1620 g/mol. The number of hydrogen-bond donors (Lipinski definition) is 1. The number of halogens is 6. The lowest BCUT2D eigenvalue weighted by Crippen LogP contribution is -2.41. The smallest absolute Gasteiger partial charge is 0.519 e. The molecule has 0 saturated carbocycles. The predicted octanol–water partition coefficient (Wildman–Crippen LogP) is 19.6. The quantitative estimate of drug-likeness (QED) is 0.00706. The maximum Gasteiger partial charge on any atom is 0.519 e. The number of unbranched alkanes of at least 4 members (excludes halogenated alkanes) is 24. The first kappa shape index (κ1) is 90.5. The van der Waals surface area contributed by atoms with Gasteiger partial charge in [-0.3, -0.25) is 29.1 Å². The number of nitrogens with one attached hydrogen (secondary N) is 1. The summed E-state index contributed by atoms with van der Waals surface area (Å²) in [4.78, 5) is 103. The van der Waals surface area contributed by atoms with Crippen LogP contribution in [0.1, 0.15) is 250 Å². The van der Waals surface area contributed by atoms with Crippen LogP contribution in [0.5, 0.6) is 28.7 Å². The third kappa shape index (κ3) is 29.7. The molecule has 3 atom stereocenters. The van der Waals surface area contributed by atoms with Crippen LogP contribution < -0.4 is 29.2 Å². The number of fused-ring (bicyclic) bond motifs is 6. The number of rotatable bonds is 51. The minimum Gasteiger partial charge on any atom is -0.756 e. The van der Waals surface area contributed by atoms with Crippen LogP contribution in [-0.4, -0.2) is 120 Å². The normalized spacial score (nSPS) is 14.5. The molecule has 3 unspecified atom stereocenters. The third-order valence-corrected chi connectivity index (χ3v) is 20.8. The number of alkyl halides is 6. The zero-order chi connectivity index (χ0) is 82.2. The molecule has 2 aliphatic heterocycles. The van der Waals surface area contributed by atoms with E-state index in [1.807, 2.05) is 14.1 Å². The molecular weight excluding hydrogens is 1510 g/mol. The Morgan fingerprint density at radius 1 is 0.561 bits per heavy atom. The van der Waals surface area contributed by atoms with E-state index in [4.69, 9.17) is 42.2 Å². The number of ether oxygens (including phenoxy) is 7. The number of anilines is 1. The molecule has 0 radical (unpaired) electrons. The molecule has 3 heterocycles. The Labute approximate surface area is 661 Å². The Kier molecular flexibility index (Phi) is 35.5. The fraction of sp³-hybridized carbons (Fsp3) is 0.536. The second-order valence-corrected chi connectivity index (χ2v) is 31.1. The molecule has 1 aromatic heterocycles. The topological polar surface area (TPSA) is 285 Å². The molecule has 0 aliphatic carbocycles. The first-order chi connectivity index (χ1) is 54.5. The number of Topliss-reactive ketones (excluding diaryl/α,β-unsaturated/α-hetero) is 2. The SMILES string of the molecule is CCCCCCCCCCCCCCCC(=O)OCC(COP(=O)([O-])OCC[N+](C)(C)Cc1cn(-c2ccc3c(c2)C(=O)OC32c3ccc(NC(=O)Oc4ccc(CCC(=O)C(F)(F)F)cc4)cc3Oc3cc(OC(=O)Oc4ccc(CCC(=O)C(F)(F)F)cc4)ccc32)nn1)OC(=O)CCCCCCCCCCCCCCC. The predicted molar refractivity (Wildman–Crippen MR) is 409 cm³/mol. The number of phosphoric ester groups is 1. The van der Waals surface area contributed by atoms with E-state index in [0.29, 0.717) is 40.9 Å². The lowest BCUT2D eigenvalue weighted by molar-refractivity contribution is -0.904. The highest BCUT2D eigenvalue weighted by Gasteiger charge is 2.54. The van der Waals surface area contributed by atoms with Gasteiger partial charge in [-0.15, -0.1) is 5.10 Å². The van der Waals surface area contributed by atoms with Gasteiger partial charge in [0.05, 0.1) is 38.1 Å². The summed E-state index contributed by atoms with van der Waals surface area (Å²) >= 11 is 0. The summed E-state index contributed by atoms with van der Waals surface area (Å²) in [7, 11) is -1.39. The first-order valence-electron chi connectivity index (χ1n) is 39.8. The molecule has 1 spiro atoms. The molecule has 114 heavy (non-hydrogen) atoms. The summed E-state index contributed by atoms with van der Waals surface area (Å²) in [6, 6.07) is 24.3. The fourth-order valence-electron chi connectivity index (χ4n) is 13.5. The molecule has 5 aromatic carbocycles. The van der Waals surface area contributed by atoms with Crippen LogP contribution in [0.2, 0.25) is 0 Å². The van der Waals surface area contributed by atoms with E-state index < -0.39 is 99.7 Å². The zero-order valence-electron chi connectivity index (χ0n) is 65.5. The van der Waals surface area contributed by atoms with Crippen LogP contribution in [0.15, 0.2) is 109 Å². The minimum atomic E-state index is -5.01. The second-order valence-electron chi connectivity index (χ2n) is 29.7. The van der Waals surface area contributed by atoms with E-state index in [-0.39, 0.29) is 101 Å². The van der Waals surface area contributed by atoms with Gasteiger partial charge in [0.15, 0.2) is 11.7 Å². The van der Waals surface area contributed by atoms with Gasteiger partial charge in [0.25, 0.3) is 7.82 Å². The van der Waals surface area contributed by atoms with Crippen LogP contribution >= 0.6 is 7.82 Å². The van der Waals surface area contributed by atoms with E-state index in [2.05, 4.69) is 29.5 Å². The summed E-state index contributed by atoms with van der Waals surface area (Å²) in [6.45, 7) is 3.41. The lowest BCUT2D eigenvalue weighted by atomic mass is 9.77. The fourth-order valence-corrected chi connectivity index (χ4v) is 14.2. The molecule has 6 aromatic rings. The molecular formula is C84H106F6N5O18P. The third-order valence-electron chi connectivity index (χ3n) is 19.8. The summed E-state index contributed by atoms with van der Waals surface area (Å²) in [5.74, 6) is -5.74. The Morgan fingerprint density at radius 3 is 1.57 bits per heavy atom. The van der Waals surface area contributed by atoms with Gasteiger partial charge < -0.3 is 51.6 Å². The van der Waals surface area contributed by atoms with Crippen molar-refractivity contribution < 1.29 is 116 Å². The number of carbonyl (C=O) groups excluding carboxylic acids is 7. The number of aromatic nitrogens is 3. The highest BCUT2D eigenvalue weighted by molar-refractivity contribution is 7.45. The number of quaternary nitrogens is 1. The molecule has 8 rings (SSSR count). The van der Waals surface area contributed by atoms with E-state index in [0.717, 1.165) is 51.4 Å². The van der Waals surface area contributed by atoms with Crippen LogP contribution in [0.3, 0.4) is 0 Å².